The van der Waals surface area contributed by atoms with Gasteiger partial charge < -0.3 is 19.9 Å². The number of imide groups is 1. The average Bonchev–Trinajstić information content (AvgIpc) is 2.28. The molecule has 3 amide bonds. The van der Waals surface area contributed by atoms with Crippen LogP contribution in [0.1, 0.15) is 19.8 Å². The normalized spacial score (nSPS) is 22.6. The van der Waals surface area contributed by atoms with Crippen molar-refractivity contribution >= 4 is 17.9 Å². The minimum absolute atomic E-state index is 0.393. The molecule has 3 N–H and O–H groups in total. The number of hydrogen-bond donors (Lipinski definition) is 3. The molecule has 1 heterocycles. The molecule has 19 heavy (non-hydrogen) atoms. The Morgan fingerprint density at radius 3 is 2.68 bits per heavy atom. The third-order valence-electron chi connectivity index (χ3n) is 2.56. The maximum Gasteiger partial charge on any atom is 0.329 e. The SMILES string of the molecule is CC1(NC(=O)NC(=O)COCC(=O)O)CCCOC1. The van der Waals surface area contributed by atoms with Crippen LogP contribution in [-0.4, -0.2) is 55.0 Å². The van der Waals surface area contributed by atoms with E-state index < -0.39 is 36.7 Å². The van der Waals surface area contributed by atoms with Crippen LogP contribution in [0.4, 0.5) is 4.79 Å². The molecular weight excluding hydrogens is 256 g/mol. The van der Waals surface area contributed by atoms with Crippen LogP contribution in [0.3, 0.4) is 0 Å². The molecule has 0 aromatic heterocycles. The maximum atomic E-state index is 11.6. The molecule has 0 bridgehead atoms. The quantitative estimate of drug-likeness (QED) is 0.621. The van der Waals surface area contributed by atoms with Gasteiger partial charge in [0.25, 0.3) is 5.91 Å². The summed E-state index contributed by atoms with van der Waals surface area (Å²) in [5.74, 6) is -1.87. The first-order chi connectivity index (χ1) is 8.91. The lowest BCUT2D eigenvalue weighted by Gasteiger charge is -2.34. The Balaban J connectivity index is 2.26. The Hall–Kier alpha value is -1.67. The lowest BCUT2D eigenvalue weighted by atomic mass is 9.95. The standard InChI is InChI=1S/C11H18N2O6/c1-11(3-2-4-18-7-11)13-10(17)12-8(14)5-19-6-9(15)16/h2-7H2,1H3,(H,15,16)(H2,12,13,14,17). The third-order valence-corrected chi connectivity index (χ3v) is 2.56. The van der Waals surface area contributed by atoms with Crippen LogP contribution in [0.25, 0.3) is 0 Å². The lowest BCUT2D eigenvalue weighted by molar-refractivity contribution is -0.143. The smallest absolute Gasteiger partial charge is 0.329 e. The second-order valence-corrected chi connectivity index (χ2v) is 4.61. The number of carbonyl (C=O) groups is 3. The summed E-state index contributed by atoms with van der Waals surface area (Å²) in [5, 5.41) is 13.0. The first kappa shape index (κ1) is 15.4. The molecule has 0 aromatic rings. The fourth-order valence-corrected chi connectivity index (χ4v) is 1.73. The topological polar surface area (TPSA) is 114 Å². The van der Waals surface area contributed by atoms with E-state index in [1.807, 2.05) is 6.92 Å². The van der Waals surface area contributed by atoms with Gasteiger partial charge in [0.1, 0.15) is 13.2 Å². The van der Waals surface area contributed by atoms with E-state index in [0.717, 1.165) is 12.8 Å². The van der Waals surface area contributed by atoms with Crippen molar-refractivity contribution < 1.29 is 29.0 Å². The maximum absolute atomic E-state index is 11.6. The van der Waals surface area contributed by atoms with E-state index in [9.17, 15) is 14.4 Å². The van der Waals surface area contributed by atoms with Crippen molar-refractivity contribution in [3.05, 3.63) is 0 Å². The minimum atomic E-state index is -1.18. The zero-order valence-corrected chi connectivity index (χ0v) is 10.7. The first-order valence-corrected chi connectivity index (χ1v) is 5.90. The van der Waals surface area contributed by atoms with Crippen molar-refractivity contribution in [3.63, 3.8) is 0 Å². The second kappa shape index (κ2) is 7.05. The van der Waals surface area contributed by atoms with Crippen LogP contribution in [0.15, 0.2) is 0 Å². The van der Waals surface area contributed by atoms with Gasteiger partial charge in [-0.05, 0) is 19.8 Å². The van der Waals surface area contributed by atoms with Crippen LogP contribution in [0.5, 0.6) is 0 Å². The van der Waals surface area contributed by atoms with E-state index in [1.165, 1.54) is 0 Å². The van der Waals surface area contributed by atoms with E-state index in [4.69, 9.17) is 9.84 Å². The summed E-state index contributed by atoms with van der Waals surface area (Å²) in [6, 6.07) is -0.642. The van der Waals surface area contributed by atoms with Crippen LogP contribution < -0.4 is 10.6 Å². The Kier molecular flexibility index (Phi) is 5.71. The fraction of sp³-hybridized carbons (Fsp3) is 0.727. The number of ether oxygens (including phenoxy) is 2. The highest BCUT2D eigenvalue weighted by Crippen LogP contribution is 2.17. The number of urea groups is 1. The number of carboxylic acids is 1. The number of carboxylic acid groups (broad SMARTS) is 1. The molecule has 1 unspecified atom stereocenters. The number of hydrogen-bond acceptors (Lipinski definition) is 5. The lowest BCUT2D eigenvalue weighted by Crippen LogP contribution is -2.55. The van der Waals surface area contributed by atoms with Gasteiger partial charge in [-0.15, -0.1) is 0 Å². The van der Waals surface area contributed by atoms with Crippen LogP contribution in [-0.2, 0) is 19.1 Å². The highest BCUT2D eigenvalue weighted by atomic mass is 16.5. The molecule has 1 atom stereocenters. The van der Waals surface area contributed by atoms with Crippen molar-refractivity contribution in [2.45, 2.75) is 25.3 Å². The average molecular weight is 274 g/mol. The minimum Gasteiger partial charge on any atom is -0.480 e. The summed E-state index contributed by atoms with van der Waals surface area (Å²) in [5.41, 5.74) is -0.496. The van der Waals surface area contributed by atoms with E-state index in [0.29, 0.717) is 13.2 Å². The second-order valence-electron chi connectivity index (χ2n) is 4.61. The Labute approximate surface area is 110 Å². The summed E-state index contributed by atoms with van der Waals surface area (Å²) in [7, 11) is 0. The van der Waals surface area contributed by atoms with Crippen molar-refractivity contribution in [1.29, 1.82) is 0 Å². The number of nitrogens with one attached hydrogen (secondary N) is 2. The number of rotatable bonds is 5. The Morgan fingerprint density at radius 1 is 1.37 bits per heavy atom. The fourth-order valence-electron chi connectivity index (χ4n) is 1.73. The highest BCUT2D eigenvalue weighted by molar-refractivity contribution is 5.95. The van der Waals surface area contributed by atoms with Gasteiger partial charge in [-0.1, -0.05) is 0 Å². The Morgan fingerprint density at radius 2 is 2.11 bits per heavy atom. The highest BCUT2D eigenvalue weighted by Gasteiger charge is 2.29. The van der Waals surface area contributed by atoms with Crippen LogP contribution in [0.2, 0.25) is 0 Å². The van der Waals surface area contributed by atoms with E-state index in [2.05, 4.69) is 15.4 Å². The monoisotopic (exact) mass is 274 g/mol. The number of aliphatic carboxylic acids is 1. The van der Waals surface area contributed by atoms with Crippen molar-refractivity contribution in [3.8, 4) is 0 Å². The van der Waals surface area contributed by atoms with Crippen molar-refractivity contribution in [2.75, 3.05) is 26.4 Å². The molecule has 1 saturated heterocycles. The molecule has 0 aliphatic carbocycles. The Bertz CT molecular complexity index is 351. The molecule has 1 aliphatic heterocycles. The van der Waals surface area contributed by atoms with Gasteiger partial charge in [0.2, 0.25) is 0 Å². The molecule has 0 saturated carbocycles. The van der Waals surface area contributed by atoms with Gasteiger partial charge in [0, 0.05) is 6.61 Å². The predicted octanol–water partition coefficient (Wildman–Crippen LogP) is -0.517. The summed E-state index contributed by atoms with van der Waals surface area (Å²) >= 11 is 0. The van der Waals surface area contributed by atoms with Crippen molar-refractivity contribution in [2.24, 2.45) is 0 Å². The van der Waals surface area contributed by atoms with Crippen molar-refractivity contribution in [1.82, 2.24) is 10.6 Å². The molecule has 1 rings (SSSR count). The third kappa shape index (κ3) is 6.16. The van der Waals surface area contributed by atoms with Gasteiger partial charge in [0.05, 0.1) is 12.1 Å². The summed E-state index contributed by atoms with van der Waals surface area (Å²) in [6.07, 6.45) is 1.61. The molecule has 0 radical (unpaired) electrons. The van der Waals surface area contributed by atoms with E-state index in [1.54, 1.807) is 0 Å². The number of amides is 3. The summed E-state index contributed by atoms with van der Waals surface area (Å²) in [4.78, 5) is 33.0. The summed E-state index contributed by atoms with van der Waals surface area (Å²) < 4.78 is 9.82. The molecule has 8 heteroatoms. The van der Waals surface area contributed by atoms with Crippen LogP contribution >= 0.6 is 0 Å². The zero-order valence-electron chi connectivity index (χ0n) is 10.7. The molecule has 0 spiro atoms. The molecular formula is C11H18N2O6. The van der Waals surface area contributed by atoms with E-state index in [-0.39, 0.29) is 0 Å². The predicted molar refractivity (Wildman–Crippen MR) is 63.6 cm³/mol. The molecule has 108 valence electrons. The molecule has 1 aliphatic rings. The number of carbonyl (C=O) groups excluding carboxylic acids is 2. The largest absolute Gasteiger partial charge is 0.480 e. The van der Waals surface area contributed by atoms with E-state index >= 15 is 0 Å². The first-order valence-electron chi connectivity index (χ1n) is 5.90. The zero-order chi connectivity index (χ0) is 14.3. The van der Waals surface area contributed by atoms with Gasteiger partial charge >= 0.3 is 12.0 Å². The van der Waals surface area contributed by atoms with Gasteiger partial charge in [-0.2, -0.15) is 0 Å². The summed E-state index contributed by atoms with van der Waals surface area (Å²) in [6.45, 7) is 1.83. The van der Waals surface area contributed by atoms with Gasteiger partial charge in [0.15, 0.2) is 0 Å². The molecule has 1 fully saturated rings. The van der Waals surface area contributed by atoms with Gasteiger partial charge in [-0.3, -0.25) is 10.1 Å². The molecule has 8 nitrogen and oxygen atoms in total. The van der Waals surface area contributed by atoms with Gasteiger partial charge in [-0.25, -0.2) is 9.59 Å². The van der Waals surface area contributed by atoms with Crippen LogP contribution in [0, 0.1) is 0 Å². The molecule has 0 aromatic carbocycles.